The van der Waals surface area contributed by atoms with E-state index in [0.29, 0.717) is 10.7 Å². The average Bonchev–Trinajstić information content (AvgIpc) is 2.35. The van der Waals surface area contributed by atoms with Crippen molar-refractivity contribution in [2.75, 3.05) is 37.2 Å². The summed E-state index contributed by atoms with van der Waals surface area (Å²) in [4.78, 5) is 2.42. The van der Waals surface area contributed by atoms with E-state index in [-0.39, 0.29) is 0 Å². The normalized spacial score (nSPS) is 10.9. The van der Waals surface area contributed by atoms with Gasteiger partial charge in [-0.2, -0.15) is 0 Å². The Labute approximate surface area is 115 Å². The van der Waals surface area contributed by atoms with Crippen molar-refractivity contribution in [2.45, 2.75) is 27.2 Å². The first-order chi connectivity index (χ1) is 8.58. The number of nitrogens with zero attached hydrogens (tertiary/aromatic N) is 1. The van der Waals surface area contributed by atoms with Crippen molar-refractivity contribution in [3.63, 3.8) is 0 Å². The quantitative estimate of drug-likeness (QED) is 0.589. The molecule has 0 bridgehead atoms. The summed E-state index contributed by atoms with van der Waals surface area (Å²) in [6, 6.07) is 3.82. The van der Waals surface area contributed by atoms with Crippen molar-refractivity contribution in [1.82, 2.24) is 4.90 Å². The van der Waals surface area contributed by atoms with Crippen molar-refractivity contribution in [3.05, 3.63) is 22.7 Å². The molecule has 1 aromatic carbocycles. The fourth-order valence-corrected chi connectivity index (χ4v) is 2.12. The maximum absolute atomic E-state index is 6.02. The molecular weight excluding hydrogens is 246 g/mol. The Hall–Kier alpha value is -0.930. The van der Waals surface area contributed by atoms with E-state index >= 15 is 0 Å². The second kappa shape index (κ2) is 7.49. The first kappa shape index (κ1) is 15.1. The highest BCUT2D eigenvalue weighted by molar-refractivity contribution is 6.33. The van der Waals surface area contributed by atoms with Crippen LogP contribution in [0.4, 0.5) is 11.4 Å². The maximum Gasteiger partial charge on any atom is 0.0656 e. The SMILES string of the molecule is CCN(CC)CCCNc1cc(Cl)c(N)cc1C. The molecule has 0 saturated heterocycles. The van der Waals surface area contributed by atoms with Gasteiger partial charge in [0.1, 0.15) is 0 Å². The number of hydrogen-bond acceptors (Lipinski definition) is 3. The first-order valence-electron chi connectivity index (χ1n) is 6.60. The minimum absolute atomic E-state index is 0.617. The topological polar surface area (TPSA) is 41.3 Å². The van der Waals surface area contributed by atoms with Gasteiger partial charge in [0.25, 0.3) is 0 Å². The van der Waals surface area contributed by atoms with Crippen LogP contribution in [0.15, 0.2) is 12.1 Å². The summed E-state index contributed by atoms with van der Waals surface area (Å²) in [6.45, 7) is 10.7. The van der Waals surface area contributed by atoms with Crippen LogP contribution in [-0.2, 0) is 0 Å². The summed E-state index contributed by atoms with van der Waals surface area (Å²) >= 11 is 6.02. The first-order valence-corrected chi connectivity index (χ1v) is 6.98. The van der Waals surface area contributed by atoms with E-state index in [1.807, 2.05) is 19.1 Å². The number of nitrogens with one attached hydrogen (secondary N) is 1. The van der Waals surface area contributed by atoms with E-state index in [0.717, 1.165) is 43.9 Å². The Morgan fingerprint density at radius 3 is 2.56 bits per heavy atom. The van der Waals surface area contributed by atoms with Gasteiger partial charge in [0, 0.05) is 12.2 Å². The van der Waals surface area contributed by atoms with Crippen LogP contribution in [-0.4, -0.2) is 31.1 Å². The number of nitrogens with two attached hydrogens (primary N) is 1. The molecule has 0 aliphatic heterocycles. The third kappa shape index (κ3) is 4.39. The molecule has 0 radical (unpaired) electrons. The van der Waals surface area contributed by atoms with Gasteiger partial charge < -0.3 is 16.0 Å². The molecule has 3 nitrogen and oxygen atoms in total. The zero-order valence-electron chi connectivity index (χ0n) is 11.6. The molecule has 0 fully saturated rings. The lowest BCUT2D eigenvalue weighted by atomic mass is 10.1. The minimum atomic E-state index is 0.617. The lowest BCUT2D eigenvalue weighted by Crippen LogP contribution is -2.25. The molecule has 0 unspecified atom stereocenters. The summed E-state index contributed by atoms with van der Waals surface area (Å²) in [7, 11) is 0. The predicted molar refractivity (Wildman–Crippen MR) is 81.5 cm³/mol. The molecule has 0 heterocycles. The van der Waals surface area contributed by atoms with E-state index in [2.05, 4.69) is 24.1 Å². The van der Waals surface area contributed by atoms with E-state index < -0.39 is 0 Å². The monoisotopic (exact) mass is 269 g/mol. The van der Waals surface area contributed by atoms with Crippen LogP contribution in [0.1, 0.15) is 25.8 Å². The highest BCUT2D eigenvalue weighted by Gasteiger charge is 2.03. The van der Waals surface area contributed by atoms with E-state index in [4.69, 9.17) is 17.3 Å². The van der Waals surface area contributed by atoms with E-state index in [9.17, 15) is 0 Å². The summed E-state index contributed by atoms with van der Waals surface area (Å²) in [6.07, 6.45) is 1.13. The molecule has 102 valence electrons. The van der Waals surface area contributed by atoms with Crippen molar-refractivity contribution >= 4 is 23.0 Å². The molecule has 1 rings (SSSR count). The molecule has 0 atom stereocenters. The number of nitrogen functional groups attached to an aromatic ring is 1. The third-order valence-electron chi connectivity index (χ3n) is 3.20. The van der Waals surface area contributed by atoms with Crippen LogP contribution in [0, 0.1) is 6.92 Å². The minimum Gasteiger partial charge on any atom is -0.398 e. The summed E-state index contributed by atoms with van der Waals surface area (Å²) in [5.74, 6) is 0. The molecule has 4 heteroatoms. The summed E-state index contributed by atoms with van der Waals surface area (Å²) in [5, 5.41) is 4.04. The average molecular weight is 270 g/mol. The van der Waals surface area contributed by atoms with Gasteiger partial charge >= 0.3 is 0 Å². The van der Waals surface area contributed by atoms with Crippen LogP contribution in [0.3, 0.4) is 0 Å². The number of hydrogen-bond donors (Lipinski definition) is 2. The second-order valence-electron chi connectivity index (χ2n) is 4.50. The van der Waals surface area contributed by atoms with Crippen LogP contribution in [0.2, 0.25) is 5.02 Å². The van der Waals surface area contributed by atoms with Crippen molar-refractivity contribution in [3.8, 4) is 0 Å². The molecule has 1 aromatic rings. The largest absolute Gasteiger partial charge is 0.398 e. The molecule has 0 aliphatic rings. The Morgan fingerprint density at radius 2 is 1.94 bits per heavy atom. The van der Waals surface area contributed by atoms with Gasteiger partial charge in [0.15, 0.2) is 0 Å². The molecule has 0 amide bonds. The molecule has 3 N–H and O–H groups in total. The summed E-state index contributed by atoms with van der Waals surface area (Å²) < 4.78 is 0. The van der Waals surface area contributed by atoms with E-state index in [1.165, 1.54) is 0 Å². The van der Waals surface area contributed by atoms with Crippen molar-refractivity contribution in [1.29, 1.82) is 0 Å². The zero-order valence-corrected chi connectivity index (χ0v) is 12.3. The van der Waals surface area contributed by atoms with Gasteiger partial charge in [-0.05, 0) is 50.7 Å². The highest BCUT2D eigenvalue weighted by Crippen LogP contribution is 2.26. The molecule has 18 heavy (non-hydrogen) atoms. The van der Waals surface area contributed by atoms with Crippen molar-refractivity contribution in [2.24, 2.45) is 0 Å². The zero-order chi connectivity index (χ0) is 13.5. The number of aryl methyl sites for hydroxylation is 1. The smallest absolute Gasteiger partial charge is 0.0656 e. The third-order valence-corrected chi connectivity index (χ3v) is 3.53. The number of anilines is 2. The van der Waals surface area contributed by atoms with Gasteiger partial charge in [-0.25, -0.2) is 0 Å². The van der Waals surface area contributed by atoms with Crippen LogP contribution in [0.25, 0.3) is 0 Å². The molecule has 0 spiro atoms. The Bertz CT molecular complexity index is 376. The van der Waals surface area contributed by atoms with Crippen LogP contribution < -0.4 is 11.1 Å². The van der Waals surface area contributed by atoms with Gasteiger partial charge in [0.2, 0.25) is 0 Å². The van der Waals surface area contributed by atoms with Gasteiger partial charge in [-0.3, -0.25) is 0 Å². The highest BCUT2D eigenvalue weighted by atomic mass is 35.5. The molecule has 0 saturated carbocycles. The van der Waals surface area contributed by atoms with E-state index in [1.54, 1.807) is 0 Å². The van der Waals surface area contributed by atoms with Gasteiger partial charge in [-0.1, -0.05) is 25.4 Å². The molecule has 0 aliphatic carbocycles. The lowest BCUT2D eigenvalue weighted by Gasteiger charge is -2.18. The number of benzene rings is 1. The second-order valence-corrected chi connectivity index (χ2v) is 4.90. The van der Waals surface area contributed by atoms with Crippen LogP contribution >= 0.6 is 11.6 Å². The standard InChI is InChI=1S/C14H24ClN3/c1-4-18(5-2)8-6-7-17-14-10-12(15)13(16)9-11(14)3/h9-10,17H,4-8,16H2,1-3H3. The van der Waals surface area contributed by atoms with Crippen molar-refractivity contribution < 1.29 is 0 Å². The fourth-order valence-electron chi connectivity index (χ4n) is 1.96. The van der Waals surface area contributed by atoms with Gasteiger partial charge in [-0.15, -0.1) is 0 Å². The molecule has 0 aromatic heterocycles. The number of rotatable bonds is 7. The van der Waals surface area contributed by atoms with Gasteiger partial charge in [0.05, 0.1) is 10.7 Å². The summed E-state index contributed by atoms with van der Waals surface area (Å²) in [5.41, 5.74) is 8.61. The Balaban J connectivity index is 2.42. The number of halogens is 1. The Morgan fingerprint density at radius 1 is 1.28 bits per heavy atom. The molecular formula is C14H24ClN3. The lowest BCUT2D eigenvalue weighted by molar-refractivity contribution is 0.303. The Kier molecular flexibility index (Phi) is 6.30. The van der Waals surface area contributed by atoms with Crippen LogP contribution in [0.5, 0.6) is 0 Å². The predicted octanol–water partition coefficient (Wildman–Crippen LogP) is 3.37. The fraction of sp³-hybridized carbons (Fsp3) is 0.571. The maximum atomic E-state index is 6.02.